The molecule has 4 atom stereocenters. The molecule has 0 radical (unpaired) electrons. The van der Waals surface area contributed by atoms with Gasteiger partial charge in [0.2, 0.25) is 11.8 Å². The molecular formula is C28H35F2N3O5. The average molecular weight is 532 g/mol. The predicted octanol–water partition coefficient (Wildman–Crippen LogP) is 2.68. The molecule has 1 fully saturated rings. The molecule has 3 amide bonds. The van der Waals surface area contributed by atoms with E-state index in [1.165, 1.54) is 7.11 Å². The molecule has 1 heterocycles. The SMILES string of the molecule is CC[C@H](C)C(=O)N[C@@H](Cc1ccccc1)[C@H](O)C(=O)N1CC(F)(F)C[C@H]1C(=O)NCc1cccc(OC)c1. The number of nitrogens with zero attached hydrogens (tertiary/aromatic N) is 1. The number of nitrogens with one attached hydrogen (secondary N) is 2. The third-order valence-electron chi connectivity index (χ3n) is 6.78. The van der Waals surface area contributed by atoms with Crippen LogP contribution in [0.5, 0.6) is 5.75 Å². The van der Waals surface area contributed by atoms with E-state index in [0.717, 1.165) is 10.5 Å². The molecule has 1 aliphatic heterocycles. The first-order valence-corrected chi connectivity index (χ1v) is 12.7. The lowest BCUT2D eigenvalue weighted by Crippen LogP contribution is -2.56. The summed E-state index contributed by atoms with van der Waals surface area (Å²) < 4.78 is 34.1. The van der Waals surface area contributed by atoms with Gasteiger partial charge in [0.1, 0.15) is 11.8 Å². The summed E-state index contributed by atoms with van der Waals surface area (Å²) >= 11 is 0. The van der Waals surface area contributed by atoms with E-state index < -0.39 is 48.9 Å². The van der Waals surface area contributed by atoms with E-state index in [1.807, 2.05) is 6.92 Å². The molecule has 8 nitrogen and oxygen atoms in total. The zero-order valence-corrected chi connectivity index (χ0v) is 21.8. The van der Waals surface area contributed by atoms with Gasteiger partial charge in [-0.05, 0) is 36.1 Å². The van der Waals surface area contributed by atoms with Crippen molar-refractivity contribution >= 4 is 17.7 Å². The molecule has 2 aromatic carbocycles. The lowest BCUT2D eigenvalue weighted by atomic mass is 9.98. The zero-order chi connectivity index (χ0) is 27.9. The molecule has 38 heavy (non-hydrogen) atoms. The lowest BCUT2D eigenvalue weighted by Gasteiger charge is -2.30. The molecule has 3 rings (SSSR count). The van der Waals surface area contributed by atoms with Gasteiger partial charge in [-0.3, -0.25) is 14.4 Å². The molecule has 10 heteroatoms. The van der Waals surface area contributed by atoms with Crippen molar-refractivity contribution in [1.29, 1.82) is 0 Å². The summed E-state index contributed by atoms with van der Waals surface area (Å²) in [6.07, 6.45) is -2.04. The largest absolute Gasteiger partial charge is 0.497 e. The Morgan fingerprint density at radius 1 is 1.13 bits per heavy atom. The fourth-order valence-electron chi connectivity index (χ4n) is 4.33. The number of aliphatic hydroxyl groups is 1. The molecule has 0 unspecified atom stereocenters. The molecule has 0 spiro atoms. The maximum atomic E-state index is 14.5. The van der Waals surface area contributed by atoms with Gasteiger partial charge >= 0.3 is 0 Å². The normalized spacial score (nSPS) is 18.8. The Bertz CT molecular complexity index is 1110. The van der Waals surface area contributed by atoms with Crippen LogP contribution >= 0.6 is 0 Å². The number of methoxy groups -OCH3 is 1. The summed E-state index contributed by atoms with van der Waals surface area (Å²) in [5.41, 5.74) is 1.43. The zero-order valence-electron chi connectivity index (χ0n) is 21.8. The van der Waals surface area contributed by atoms with Crippen molar-refractivity contribution in [2.24, 2.45) is 5.92 Å². The number of likely N-dealkylation sites (tertiary alicyclic amines) is 1. The summed E-state index contributed by atoms with van der Waals surface area (Å²) in [6.45, 7) is 2.59. The van der Waals surface area contributed by atoms with Crippen LogP contribution in [0.25, 0.3) is 0 Å². The third kappa shape index (κ3) is 7.50. The first-order valence-electron chi connectivity index (χ1n) is 12.7. The maximum Gasteiger partial charge on any atom is 0.267 e. The fraction of sp³-hybridized carbons (Fsp3) is 0.464. The van der Waals surface area contributed by atoms with Crippen LogP contribution in [0.1, 0.15) is 37.8 Å². The number of carbonyl (C=O) groups is 3. The smallest absolute Gasteiger partial charge is 0.267 e. The number of hydrogen-bond acceptors (Lipinski definition) is 5. The van der Waals surface area contributed by atoms with E-state index in [9.17, 15) is 28.3 Å². The average Bonchev–Trinajstić information content (AvgIpc) is 3.25. The summed E-state index contributed by atoms with van der Waals surface area (Å²) in [6, 6.07) is 13.3. The quantitative estimate of drug-likeness (QED) is 0.413. The number of amides is 3. The Hall–Kier alpha value is -3.53. The summed E-state index contributed by atoms with van der Waals surface area (Å²) in [5.74, 6) is -5.25. The van der Waals surface area contributed by atoms with Crippen LogP contribution in [-0.2, 0) is 27.3 Å². The first kappa shape index (κ1) is 29.0. The minimum atomic E-state index is -3.30. The van der Waals surface area contributed by atoms with Gasteiger partial charge in [0, 0.05) is 18.9 Å². The van der Waals surface area contributed by atoms with Crippen molar-refractivity contribution in [1.82, 2.24) is 15.5 Å². The molecule has 0 bridgehead atoms. The number of carbonyl (C=O) groups excluding carboxylic acids is 3. The molecule has 3 N–H and O–H groups in total. The molecule has 2 aromatic rings. The van der Waals surface area contributed by atoms with Gasteiger partial charge in [0.15, 0.2) is 6.10 Å². The topological polar surface area (TPSA) is 108 Å². The Kier molecular flexibility index (Phi) is 9.79. The second-order valence-corrected chi connectivity index (χ2v) is 9.67. The van der Waals surface area contributed by atoms with Crippen molar-refractivity contribution < 1.29 is 33.0 Å². The fourth-order valence-corrected chi connectivity index (χ4v) is 4.33. The van der Waals surface area contributed by atoms with Crippen LogP contribution in [0, 0.1) is 5.92 Å². The second kappa shape index (κ2) is 12.8. The van der Waals surface area contributed by atoms with E-state index >= 15 is 0 Å². The Labute approximate surface area is 221 Å². The Morgan fingerprint density at radius 2 is 1.82 bits per heavy atom. The highest BCUT2D eigenvalue weighted by Gasteiger charge is 2.51. The van der Waals surface area contributed by atoms with Crippen molar-refractivity contribution in [2.75, 3.05) is 13.7 Å². The predicted molar refractivity (Wildman–Crippen MR) is 137 cm³/mol. The van der Waals surface area contributed by atoms with Crippen LogP contribution in [0.3, 0.4) is 0 Å². The molecular weight excluding hydrogens is 496 g/mol. The highest BCUT2D eigenvalue weighted by atomic mass is 19.3. The summed E-state index contributed by atoms with van der Waals surface area (Å²) in [4.78, 5) is 39.6. The van der Waals surface area contributed by atoms with E-state index in [1.54, 1.807) is 61.5 Å². The van der Waals surface area contributed by atoms with Crippen molar-refractivity contribution in [2.45, 2.75) is 63.8 Å². The van der Waals surface area contributed by atoms with Gasteiger partial charge in [-0.2, -0.15) is 0 Å². The first-order chi connectivity index (χ1) is 18.0. The van der Waals surface area contributed by atoms with Crippen LogP contribution in [0.4, 0.5) is 8.78 Å². The molecule has 206 valence electrons. The number of benzene rings is 2. The van der Waals surface area contributed by atoms with Crippen molar-refractivity contribution in [3.8, 4) is 5.75 Å². The highest BCUT2D eigenvalue weighted by Crippen LogP contribution is 2.33. The lowest BCUT2D eigenvalue weighted by molar-refractivity contribution is -0.147. The van der Waals surface area contributed by atoms with Crippen molar-refractivity contribution in [3.05, 3.63) is 65.7 Å². The van der Waals surface area contributed by atoms with Crippen LogP contribution in [-0.4, -0.2) is 65.5 Å². The number of rotatable bonds is 11. The standard InChI is InChI=1S/C28H35F2N3O5/c1-4-18(2)25(35)32-22(14-19-9-6-5-7-10-19)24(34)27(37)33-17-28(29,30)15-23(33)26(36)31-16-20-11-8-12-21(13-20)38-3/h5-13,18,22-24,34H,4,14-17H2,1-3H3,(H,31,36)(H,32,35)/t18-,22-,23-,24-/m0/s1. The Balaban J connectivity index is 1.77. The highest BCUT2D eigenvalue weighted by molar-refractivity contribution is 5.91. The number of aliphatic hydroxyl groups excluding tert-OH is 1. The third-order valence-corrected chi connectivity index (χ3v) is 6.78. The molecule has 0 aromatic heterocycles. The molecule has 0 aliphatic carbocycles. The van der Waals surface area contributed by atoms with E-state index in [-0.39, 0.29) is 24.8 Å². The minimum Gasteiger partial charge on any atom is -0.497 e. The van der Waals surface area contributed by atoms with Crippen molar-refractivity contribution in [3.63, 3.8) is 0 Å². The van der Waals surface area contributed by atoms with Gasteiger partial charge in [-0.25, -0.2) is 8.78 Å². The van der Waals surface area contributed by atoms with Gasteiger partial charge in [-0.15, -0.1) is 0 Å². The van der Waals surface area contributed by atoms with E-state index in [0.29, 0.717) is 17.7 Å². The molecule has 0 saturated carbocycles. The monoisotopic (exact) mass is 531 g/mol. The second-order valence-electron chi connectivity index (χ2n) is 9.67. The summed E-state index contributed by atoms with van der Waals surface area (Å²) in [5, 5.41) is 16.4. The number of halogens is 2. The van der Waals surface area contributed by atoms with Gasteiger partial charge < -0.3 is 25.4 Å². The van der Waals surface area contributed by atoms with E-state index in [4.69, 9.17) is 4.74 Å². The molecule has 1 aliphatic rings. The number of hydrogen-bond donors (Lipinski definition) is 3. The number of ether oxygens (including phenoxy) is 1. The van der Waals surface area contributed by atoms with Crippen LogP contribution in [0.2, 0.25) is 0 Å². The Morgan fingerprint density at radius 3 is 2.47 bits per heavy atom. The number of alkyl halides is 2. The summed E-state index contributed by atoms with van der Waals surface area (Å²) in [7, 11) is 1.50. The van der Waals surface area contributed by atoms with Gasteiger partial charge in [0.05, 0.1) is 19.7 Å². The maximum absolute atomic E-state index is 14.5. The van der Waals surface area contributed by atoms with E-state index in [2.05, 4.69) is 10.6 Å². The van der Waals surface area contributed by atoms with Gasteiger partial charge in [-0.1, -0.05) is 56.3 Å². The molecule has 1 saturated heterocycles. The van der Waals surface area contributed by atoms with Crippen LogP contribution < -0.4 is 15.4 Å². The van der Waals surface area contributed by atoms with Crippen LogP contribution in [0.15, 0.2) is 54.6 Å². The van der Waals surface area contributed by atoms with Gasteiger partial charge in [0.25, 0.3) is 11.8 Å². The minimum absolute atomic E-state index is 0.0459.